The third kappa shape index (κ3) is 3.43. The molecule has 0 bridgehead atoms. The Labute approximate surface area is 134 Å². The van der Waals surface area contributed by atoms with Gasteiger partial charge in [-0.25, -0.2) is 0 Å². The van der Waals surface area contributed by atoms with E-state index in [1.54, 1.807) is 6.08 Å². The number of aryl methyl sites for hydroxylation is 1. The van der Waals surface area contributed by atoms with Crippen LogP contribution in [-0.4, -0.2) is 20.5 Å². The van der Waals surface area contributed by atoms with Gasteiger partial charge in [0.2, 0.25) is 5.78 Å². The van der Waals surface area contributed by atoms with Crippen molar-refractivity contribution in [1.29, 1.82) is 0 Å². The average molecular weight is 330 g/mol. The van der Waals surface area contributed by atoms with E-state index in [-0.39, 0.29) is 23.0 Å². The Morgan fingerprint density at radius 1 is 1.13 bits per heavy atom. The van der Waals surface area contributed by atoms with Crippen LogP contribution in [0, 0.1) is 6.92 Å². The Kier molecular flexibility index (Phi) is 3.69. The number of Topliss-reactive ketones (excluding diaryl/α,β-unsaturated/α-hetero) is 1. The molecule has 0 atom stereocenters. The molecule has 118 valence electrons. The van der Waals surface area contributed by atoms with E-state index in [9.17, 15) is 13.2 Å². The molecule has 2 aromatic carbocycles. The number of ether oxygens (including phenoxy) is 1. The Balaban J connectivity index is 1.92. The van der Waals surface area contributed by atoms with Crippen molar-refractivity contribution in [2.45, 2.75) is 6.92 Å². The van der Waals surface area contributed by atoms with Gasteiger partial charge in [0.15, 0.2) is 5.76 Å². The van der Waals surface area contributed by atoms with Gasteiger partial charge in [-0.1, -0.05) is 29.8 Å². The van der Waals surface area contributed by atoms with E-state index < -0.39 is 10.1 Å². The second kappa shape index (κ2) is 5.55. The second-order valence-electron chi connectivity index (χ2n) is 5.30. The molecule has 0 aromatic heterocycles. The average Bonchev–Trinajstić information content (AvgIpc) is 2.73. The summed E-state index contributed by atoms with van der Waals surface area (Å²) < 4.78 is 32.7. The molecule has 1 heterocycles. The molecule has 0 N–H and O–H groups in total. The van der Waals surface area contributed by atoms with Crippen molar-refractivity contribution in [2.75, 3.05) is 6.26 Å². The number of hydrogen-bond donors (Lipinski definition) is 0. The zero-order valence-corrected chi connectivity index (χ0v) is 13.4. The number of rotatable bonds is 3. The van der Waals surface area contributed by atoms with Crippen molar-refractivity contribution in [2.24, 2.45) is 0 Å². The zero-order valence-electron chi connectivity index (χ0n) is 12.6. The lowest BCUT2D eigenvalue weighted by Gasteiger charge is -2.04. The molecule has 0 saturated carbocycles. The summed E-state index contributed by atoms with van der Waals surface area (Å²) in [4.78, 5) is 12.3. The first kappa shape index (κ1) is 15.3. The van der Waals surface area contributed by atoms with Gasteiger partial charge in [-0.2, -0.15) is 8.42 Å². The molecule has 1 aliphatic rings. The lowest BCUT2D eigenvalue weighted by Crippen LogP contribution is -2.05. The molecule has 0 amide bonds. The highest BCUT2D eigenvalue weighted by molar-refractivity contribution is 7.86. The Morgan fingerprint density at radius 2 is 1.91 bits per heavy atom. The maximum Gasteiger partial charge on any atom is 0.306 e. The van der Waals surface area contributed by atoms with Crippen molar-refractivity contribution in [3.63, 3.8) is 0 Å². The van der Waals surface area contributed by atoms with E-state index in [0.717, 1.165) is 17.4 Å². The van der Waals surface area contributed by atoms with Gasteiger partial charge in [0.25, 0.3) is 0 Å². The molecule has 0 radical (unpaired) electrons. The SMILES string of the molecule is Cc1cccc(/C=C2/Oc3cc(OS(C)(=O)=O)ccc3C2=O)c1. The standard InChI is InChI=1S/C17H14O5S/c1-11-4-3-5-12(8-11)9-16-17(18)14-7-6-13(10-15(14)21-16)22-23(2,19)20/h3-10H,1-2H3/b16-9+. The Hall–Kier alpha value is -2.60. The molecule has 2 aromatic rings. The quantitative estimate of drug-likeness (QED) is 0.639. The Bertz CT molecular complexity index is 926. The summed E-state index contributed by atoms with van der Waals surface area (Å²) in [5.74, 6) is 0.348. The van der Waals surface area contributed by atoms with E-state index in [1.807, 2.05) is 31.2 Å². The van der Waals surface area contributed by atoms with Gasteiger partial charge in [-0.05, 0) is 30.7 Å². The first-order valence-corrected chi connectivity index (χ1v) is 8.68. The van der Waals surface area contributed by atoms with Crippen LogP contribution in [0.4, 0.5) is 0 Å². The number of fused-ring (bicyclic) bond motifs is 1. The minimum atomic E-state index is -3.63. The van der Waals surface area contributed by atoms with E-state index in [2.05, 4.69) is 0 Å². The van der Waals surface area contributed by atoms with Crippen LogP contribution in [0.2, 0.25) is 0 Å². The fourth-order valence-corrected chi connectivity index (χ4v) is 2.76. The molecule has 0 saturated heterocycles. The molecule has 0 spiro atoms. The maximum atomic E-state index is 12.3. The van der Waals surface area contributed by atoms with E-state index in [4.69, 9.17) is 8.92 Å². The summed E-state index contributed by atoms with van der Waals surface area (Å²) in [6.45, 7) is 1.96. The number of hydrogen-bond acceptors (Lipinski definition) is 5. The van der Waals surface area contributed by atoms with Gasteiger partial charge in [0.1, 0.15) is 11.5 Å². The topological polar surface area (TPSA) is 69.7 Å². The molecule has 6 heteroatoms. The third-order valence-electron chi connectivity index (χ3n) is 3.23. The number of allylic oxidation sites excluding steroid dienone is 1. The largest absolute Gasteiger partial charge is 0.452 e. The summed E-state index contributed by atoms with van der Waals surface area (Å²) in [5.41, 5.74) is 2.31. The lowest BCUT2D eigenvalue weighted by atomic mass is 10.1. The minimum absolute atomic E-state index is 0.107. The summed E-state index contributed by atoms with van der Waals surface area (Å²) in [6.07, 6.45) is 2.61. The number of ketones is 1. The molecule has 3 rings (SSSR count). The van der Waals surface area contributed by atoms with Gasteiger partial charge in [-0.3, -0.25) is 4.79 Å². The second-order valence-corrected chi connectivity index (χ2v) is 6.87. The highest BCUT2D eigenvalue weighted by Gasteiger charge is 2.28. The fourth-order valence-electron chi connectivity index (χ4n) is 2.31. The van der Waals surface area contributed by atoms with Crippen LogP contribution in [0.3, 0.4) is 0 Å². The first-order chi connectivity index (χ1) is 10.8. The van der Waals surface area contributed by atoms with E-state index in [0.29, 0.717) is 5.56 Å². The molecule has 23 heavy (non-hydrogen) atoms. The van der Waals surface area contributed by atoms with E-state index >= 15 is 0 Å². The smallest absolute Gasteiger partial charge is 0.306 e. The molecular formula is C17H14O5S. The summed E-state index contributed by atoms with van der Waals surface area (Å²) in [5, 5.41) is 0. The minimum Gasteiger partial charge on any atom is -0.452 e. The predicted octanol–water partition coefficient (Wildman–Crippen LogP) is 2.95. The summed E-state index contributed by atoms with van der Waals surface area (Å²) in [7, 11) is -3.63. The maximum absolute atomic E-state index is 12.3. The molecular weight excluding hydrogens is 316 g/mol. The third-order valence-corrected chi connectivity index (χ3v) is 3.72. The van der Waals surface area contributed by atoms with E-state index in [1.165, 1.54) is 18.2 Å². The van der Waals surface area contributed by atoms with Gasteiger partial charge < -0.3 is 8.92 Å². The number of carbonyl (C=O) groups is 1. The van der Waals surface area contributed by atoms with Crippen LogP contribution in [0.5, 0.6) is 11.5 Å². The highest BCUT2D eigenvalue weighted by Crippen LogP contribution is 2.35. The van der Waals surface area contributed by atoms with Crippen molar-refractivity contribution < 1.29 is 22.1 Å². The Morgan fingerprint density at radius 3 is 2.61 bits per heavy atom. The number of carbonyl (C=O) groups excluding carboxylic acids is 1. The monoisotopic (exact) mass is 330 g/mol. The van der Waals surface area contributed by atoms with Gasteiger partial charge >= 0.3 is 10.1 Å². The van der Waals surface area contributed by atoms with Crippen LogP contribution in [0.15, 0.2) is 48.2 Å². The van der Waals surface area contributed by atoms with Crippen molar-refractivity contribution in [3.8, 4) is 11.5 Å². The zero-order chi connectivity index (χ0) is 16.6. The van der Waals surface area contributed by atoms with Crippen LogP contribution < -0.4 is 8.92 Å². The molecule has 1 aliphatic heterocycles. The van der Waals surface area contributed by atoms with Crippen LogP contribution in [0.1, 0.15) is 21.5 Å². The van der Waals surface area contributed by atoms with Crippen molar-refractivity contribution in [3.05, 3.63) is 64.9 Å². The summed E-state index contributed by atoms with van der Waals surface area (Å²) in [6, 6.07) is 12.0. The van der Waals surface area contributed by atoms with Crippen molar-refractivity contribution in [1.82, 2.24) is 0 Å². The molecule has 0 unspecified atom stereocenters. The molecule has 0 fully saturated rings. The lowest BCUT2D eigenvalue weighted by molar-refractivity contribution is 0.101. The molecule has 5 nitrogen and oxygen atoms in total. The van der Waals surface area contributed by atoms with Crippen LogP contribution in [0.25, 0.3) is 6.08 Å². The fraction of sp³-hybridized carbons (Fsp3) is 0.118. The van der Waals surface area contributed by atoms with Crippen molar-refractivity contribution >= 4 is 22.0 Å². The normalized spacial score (nSPS) is 15.4. The van der Waals surface area contributed by atoms with Gasteiger partial charge in [0.05, 0.1) is 11.8 Å². The van der Waals surface area contributed by atoms with Gasteiger partial charge in [0, 0.05) is 6.07 Å². The summed E-state index contributed by atoms with van der Waals surface area (Å²) >= 11 is 0. The predicted molar refractivity (Wildman–Crippen MR) is 86.0 cm³/mol. The number of benzene rings is 2. The first-order valence-electron chi connectivity index (χ1n) is 6.86. The van der Waals surface area contributed by atoms with Gasteiger partial charge in [-0.15, -0.1) is 0 Å². The highest BCUT2D eigenvalue weighted by atomic mass is 32.2. The van der Waals surface area contributed by atoms with Crippen LogP contribution in [-0.2, 0) is 10.1 Å². The molecule has 0 aliphatic carbocycles. The van der Waals surface area contributed by atoms with Crippen LogP contribution >= 0.6 is 0 Å².